The molecular formula is C34H67NO4. The Bertz CT molecular complexity index is 539. The summed E-state index contributed by atoms with van der Waals surface area (Å²) < 4.78 is 0. The van der Waals surface area contributed by atoms with E-state index in [9.17, 15) is 20.1 Å². The number of aliphatic hydroxyl groups excluding tert-OH is 3. The molecular weight excluding hydrogens is 486 g/mol. The van der Waals surface area contributed by atoms with Gasteiger partial charge in [0.1, 0.15) is 6.10 Å². The summed E-state index contributed by atoms with van der Waals surface area (Å²) >= 11 is 0. The molecule has 1 amide bonds. The van der Waals surface area contributed by atoms with Gasteiger partial charge in [-0.2, -0.15) is 0 Å². The van der Waals surface area contributed by atoms with Gasteiger partial charge in [-0.25, -0.2) is 0 Å². The summed E-state index contributed by atoms with van der Waals surface area (Å²) in [6.07, 6.45) is 31.6. The van der Waals surface area contributed by atoms with E-state index < -0.39 is 18.2 Å². The molecule has 0 saturated carbocycles. The maximum absolute atomic E-state index is 12.3. The molecule has 232 valence electrons. The quantitative estimate of drug-likeness (QED) is 0.0530. The zero-order valence-electron chi connectivity index (χ0n) is 26.0. The number of carbonyl (C=O) groups excluding carboxylic acids is 1. The minimum absolute atomic E-state index is 0.156. The molecule has 0 aromatic carbocycles. The van der Waals surface area contributed by atoms with Crippen LogP contribution >= 0.6 is 0 Å². The van der Waals surface area contributed by atoms with Crippen LogP contribution in [0.25, 0.3) is 0 Å². The average molecular weight is 554 g/mol. The third-order valence-corrected chi connectivity index (χ3v) is 7.87. The summed E-state index contributed by atoms with van der Waals surface area (Å²) in [5.74, 6) is -0.156. The van der Waals surface area contributed by atoms with E-state index >= 15 is 0 Å². The Morgan fingerprint density at radius 3 is 1.49 bits per heavy atom. The van der Waals surface area contributed by atoms with E-state index in [-0.39, 0.29) is 12.5 Å². The Hall–Kier alpha value is -0.910. The van der Waals surface area contributed by atoms with E-state index in [1.54, 1.807) is 0 Å². The Labute approximate surface area is 242 Å². The minimum Gasteiger partial charge on any atom is -0.394 e. The molecule has 39 heavy (non-hydrogen) atoms. The number of rotatable bonds is 30. The standard InChI is InChI=1S/C34H67NO4/c1-3-5-7-9-11-13-14-15-16-17-18-19-21-23-25-27-29-33(38)35-31(30-36)34(39)32(37)28-26-24-22-20-12-10-8-6-4-2/h16-17,31-32,34,36-37,39H,3-15,18-30H2,1-2H3,(H,35,38)/b17-16-. The normalized spacial score (nSPS) is 14.1. The number of allylic oxidation sites excluding steroid dienone is 2. The number of hydrogen-bond acceptors (Lipinski definition) is 4. The first-order valence-corrected chi connectivity index (χ1v) is 17.0. The van der Waals surface area contributed by atoms with Gasteiger partial charge in [-0.3, -0.25) is 4.79 Å². The predicted molar refractivity (Wildman–Crippen MR) is 167 cm³/mol. The van der Waals surface area contributed by atoms with Crippen molar-refractivity contribution in [1.29, 1.82) is 0 Å². The third kappa shape index (κ3) is 25.8. The fraction of sp³-hybridized carbons (Fsp3) is 0.912. The van der Waals surface area contributed by atoms with Gasteiger partial charge in [-0.1, -0.05) is 142 Å². The Kier molecular flexibility index (Phi) is 29.4. The highest BCUT2D eigenvalue weighted by Crippen LogP contribution is 2.14. The highest BCUT2D eigenvalue weighted by molar-refractivity contribution is 5.76. The van der Waals surface area contributed by atoms with Crippen LogP contribution < -0.4 is 5.32 Å². The number of nitrogens with one attached hydrogen (secondary N) is 1. The van der Waals surface area contributed by atoms with Gasteiger partial charge in [0.25, 0.3) is 0 Å². The first kappa shape index (κ1) is 38.1. The number of unbranched alkanes of at least 4 members (excludes halogenated alkanes) is 20. The SMILES string of the molecule is CCCCCCCCC/C=C\CCCCCCCC(=O)NC(CO)C(O)C(O)CCCCCCCCCCC. The van der Waals surface area contributed by atoms with Crippen LogP contribution in [0.5, 0.6) is 0 Å². The molecule has 5 heteroatoms. The summed E-state index contributed by atoms with van der Waals surface area (Å²) in [5, 5.41) is 33.1. The van der Waals surface area contributed by atoms with Crippen molar-refractivity contribution in [2.24, 2.45) is 0 Å². The molecule has 0 aromatic heterocycles. The van der Waals surface area contributed by atoms with Gasteiger partial charge in [0.05, 0.1) is 18.8 Å². The van der Waals surface area contributed by atoms with Crippen LogP contribution in [0.2, 0.25) is 0 Å². The van der Waals surface area contributed by atoms with Crippen LogP contribution in [0.1, 0.15) is 174 Å². The van der Waals surface area contributed by atoms with Crippen molar-refractivity contribution in [3.05, 3.63) is 12.2 Å². The van der Waals surface area contributed by atoms with E-state index in [2.05, 4.69) is 31.3 Å². The van der Waals surface area contributed by atoms with Gasteiger partial charge >= 0.3 is 0 Å². The van der Waals surface area contributed by atoms with Crippen molar-refractivity contribution >= 4 is 5.91 Å². The fourth-order valence-electron chi connectivity index (χ4n) is 5.15. The van der Waals surface area contributed by atoms with Crippen molar-refractivity contribution in [2.75, 3.05) is 6.61 Å². The van der Waals surface area contributed by atoms with Gasteiger partial charge in [-0.15, -0.1) is 0 Å². The Morgan fingerprint density at radius 1 is 0.615 bits per heavy atom. The summed E-state index contributed by atoms with van der Waals surface area (Å²) in [4.78, 5) is 12.3. The molecule has 0 aliphatic heterocycles. The van der Waals surface area contributed by atoms with Crippen molar-refractivity contribution in [3.8, 4) is 0 Å². The molecule has 0 radical (unpaired) electrons. The van der Waals surface area contributed by atoms with Gasteiger partial charge < -0.3 is 20.6 Å². The average Bonchev–Trinajstić information content (AvgIpc) is 2.94. The third-order valence-electron chi connectivity index (χ3n) is 7.87. The van der Waals surface area contributed by atoms with Gasteiger partial charge in [0.2, 0.25) is 5.91 Å². The van der Waals surface area contributed by atoms with Gasteiger partial charge in [0.15, 0.2) is 0 Å². The summed E-state index contributed by atoms with van der Waals surface area (Å²) in [6.45, 7) is 4.13. The minimum atomic E-state index is -1.13. The second kappa shape index (κ2) is 30.1. The zero-order chi connectivity index (χ0) is 28.8. The van der Waals surface area contributed by atoms with Crippen LogP contribution in [0.3, 0.4) is 0 Å². The lowest BCUT2D eigenvalue weighted by Crippen LogP contribution is -2.50. The molecule has 0 saturated heterocycles. The first-order valence-electron chi connectivity index (χ1n) is 17.0. The lowest BCUT2D eigenvalue weighted by Gasteiger charge is -2.26. The maximum Gasteiger partial charge on any atom is 0.220 e. The monoisotopic (exact) mass is 554 g/mol. The zero-order valence-corrected chi connectivity index (χ0v) is 26.0. The highest BCUT2D eigenvalue weighted by atomic mass is 16.3. The molecule has 5 nitrogen and oxygen atoms in total. The number of carbonyl (C=O) groups is 1. The molecule has 0 bridgehead atoms. The Morgan fingerprint density at radius 2 is 1.03 bits per heavy atom. The highest BCUT2D eigenvalue weighted by Gasteiger charge is 2.26. The summed E-state index contributed by atoms with van der Waals surface area (Å²) in [6, 6.07) is -0.807. The van der Waals surface area contributed by atoms with Crippen molar-refractivity contribution in [1.82, 2.24) is 5.32 Å². The molecule has 0 fully saturated rings. The molecule has 3 unspecified atom stereocenters. The van der Waals surface area contributed by atoms with Crippen LogP contribution in [0.4, 0.5) is 0 Å². The maximum atomic E-state index is 12.3. The van der Waals surface area contributed by atoms with Crippen molar-refractivity contribution in [2.45, 2.75) is 193 Å². The van der Waals surface area contributed by atoms with E-state index in [0.717, 1.165) is 44.9 Å². The second-order valence-electron chi connectivity index (χ2n) is 11.7. The lowest BCUT2D eigenvalue weighted by atomic mass is 9.99. The van der Waals surface area contributed by atoms with Crippen LogP contribution in [-0.2, 0) is 4.79 Å². The van der Waals surface area contributed by atoms with Gasteiger partial charge in [0, 0.05) is 6.42 Å². The topological polar surface area (TPSA) is 89.8 Å². The number of aliphatic hydroxyl groups is 3. The predicted octanol–water partition coefficient (Wildman–Crippen LogP) is 8.53. The Balaban J connectivity index is 3.71. The molecule has 0 spiro atoms. The molecule has 0 aliphatic carbocycles. The summed E-state index contributed by atoms with van der Waals surface area (Å²) in [7, 11) is 0. The molecule has 3 atom stereocenters. The number of amides is 1. The van der Waals surface area contributed by atoms with E-state index in [0.29, 0.717) is 12.8 Å². The molecule has 0 aliphatic rings. The molecule has 4 N–H and O–H groups in total. The van der Waals surface area contributed by atoms with E-state index in [1.165, 1.54) is 103 Å². The fourth-order valence-corrected chi connectivity index (χ4v) is 5.15. The molecule has 0 heterocycles. The van der Waals surface area contributed by atoms with E-state index in [1.807, 2.05) is 0 Å². The smallest absolute Gasteiger partial charge is 0.220 e. The van der Waals surface area contributed by atoms with Crippen LogP contribution in [-0.4, -0.2) is 46.1 Å². The molecule has 0 aromatic rings. The van der Waals surface area contributed by atoms with Crippen molar-refractivity contribution < 1.29 is 20.1 Å². The summed E-state index contributed by atoms with van der Waals surface area (Å²) in [5.41, 5.74) is 0. The largest absolute Gasteiger partial charge is 0.394 e. The van der Waals surface area contributed by atoms with Gasteiger partial charge in [-0.05, 0) is 38.5 Å². The number of hydrogen-bond donors (Lipinski definition) is 4. The molecule has 0 rings (SSSR count). The van der Waals surface area contributed by atoms with E-state index in [4.69, 9.17) is 0 Å². The first-order chi connectivity index (χ1) is 19.1. The van der Waals surface area contributed by atoms with Crippen LogP contribution in [0, 0.1) is 0 Å². The second-order valence-corrected chi connectivity index (χ2v) is 11.7. The van der Waals surface area contributed by atoms with Crippen molar-refractivity contribution in [3.63, 3.8) is 0 Å². The lowest BCUT2D eigenvalue weighted by molar-refractivity contribution is -0.124. The van der Waals surface area contributed by atoms with Crippen LogP contribution in [0.15, 0.2) is 12.2 Å².